The van der Waals surface area contributed by atoms with Crippen molar-refractivity contribution in [1.29, 1.82) is 5.26 Å². The van der Waals surface area contributed by atoms with Gasteiger partial charge < -0.3 is 10.5 Å². The SMILES string of the molecule is COc1cc(/C=C(\C#N)C(N)=O)cc(I)c1Cc1cccc(F)c1. The molecule has 6 heteroatoms. The summed E-state index contributed by atoms with van der Waals surface area (Å²) < 4.78 is 19.7. The van der Waals surface area contributed by atoms with Crippen molar-refractivity contribution in [3.63, 3.8) is 0 Å². The Morgan fingerprint density at radius 2 is 2.17 bits per heavy atom. The van der Waals surface area contributed by atoms with Gasteiger partial charge in [-0.3, -0.25) is 4.79 Å². The first-order valence-electron chi connectivity index (χ1n) is 6.97. The van der Waals surface area contributed by atoms with Crippen molar-refractivity contribution in [2.24, 2.45) is 5.73 Å². The average Bonchev–Trinajstić information content (AvgIpc) is 2.54. The van der Waals surface area contributed by atoms with Crippen LogP contribution >= 0.6 is 22.6 Å². The van der Waals surface area contributed by atoms with E-state index in [0.717, 1.165) is 14.7 Å². The number of rotatable bonds is 5. The Labute approximate surface area is 152 Å². The second-order valence-electron chi connectivity index (χ2n) is 5.02. The van der Waals surface area contributed by atoms with Gasteiger partial charge in [0.15, 0.2) is 0 Å². The molecule has 24 heavy (non-hydrogen) atoms. The van der Waals surface area contributed by atoms with Crippen molar-refractivity contribution in [1.82, 2.24) is 0 Å². The molecule has 0 saturated carbocycles. The highest BCUT2D eigenvalue weighted by molar-refractivity contribution is 14.1. The Bertz CT molecular complexity index is 857. The van der Waals surface area contributed by atoms with Crippen molar-refractivity contribution in [2.45, 2.75) is 6.42 Å². The molecule has 2 aromatic carbocycles. The van der Waals surface area contributed by atoms with Crippen molar-refractivity contribution in [2.75, 3.05) is 7.11 Å². The number of carbonyl (C=O) groups is 1. The Balaban J connectivity index is 2.45. The molecule has 2 rings (SSSR count). The molecule has 122 valence electrons. The maximum absolute atomic E-state index is 13.4. The van der Waals surface area contributed by atoms with Crippen molar-refractivity contribution >= 4 is 34.6 Å². The van der Waals surface area contributed by atoms with E-state index >= 15 is 0 Å². The maximum Gasteiger partial charge on any atom is 0.259 e. The molecule has 0 aromatic heterocycles. The summed E-state index contributed by atoms with van der Waals surface area (Å²) in [4.78, 5) is 11.2. The lowest BCUT2D eigenvalue weighted by atomic mass is 10.0. The number of hydrogen-bond acceptors (Lipinski definition) is 3. The molecule has 0 aliphatic heterocycles. The van der Waals surface area contributed by atoms with E-state index in [1.54, 1.807) is 18.2 Å². The molecule has 0 bridgehead atoms. The highest BCUT2D eigenvalue weighted by atomic mass is 127. The first-order valence-corrected chi connectivity index (χ1v) is 8.05. The first-order chi connectivity index (χ1) is 11.4. The number of methoxy groups -OCH3 is 1. The largest absolute Gasteiger partial charge is 0.496 e. The summed E-state index contributed by atoms with van der Waals surface area (Å²) in [6.07, 6.45) is 1.92. The van der Waals surface area contributed by atoms with Crippen LogP contribution in [0.2, 0.25) is 0 Å². The smallest absolute Gasteiger partial charge is 0.259 e. The van der Waals surface area contributed by atoms with Crippen LogP contribution < -0.4 is 10.5 Å². The molecule has 0 unspecified atom stereocenters. The van der Waals surface area contributed by atoms with Gasteiger partial charge >= 0.3 is 0 Å². The minimum atomic E-state index is -0.782. The van der Waals surface area contributed by atoms with E-state index in [1.165, 1.54) is 25.3 Å². The predicted octanol–water partition coefficient (Wildman–Crippen LogP) is 3.42. The Morgan fingerprint density at radius 1 is 1.42 bits per heavy atom. The molecule has 0 aliphatic carbocycles. The molecule has 0 heterocycles. The number of nitriles is 1. The number of halogens is 2. The summed E-state index contributed by atoms with van der Waals surface area (Å²) >= 11 is 2.14. The zero-order valence-corrected chi connectivity index (χ0v) is 15.0. The molecule has 0 saturated heterocycles. The molecule has 4 nitrogen and oxygen atoms in total. The van der Waals surface area contributed by atoms with Gasteiger partial charge in [0.1, 0.15) is 23.2 Å². The van der Waals surface area contributed by atoms with Gasteiger partial charge in [0.25, 0.3) is 5.91 Å². The summed E-state index contributed by atoms with van der Waals surface area (Å²) in [5, 5.41) is 8.94. The van der Waals surface area contributed by atoms with Crippen LogP contribution in [0.25, 0.3) is 6.08 Å². The molecule has 2 aromatic rings. The van der Waals surface area contributed by atoms with E-state index in [0.29, 0.717) is 17.7 Å². The lowest BCUT2D eigenvalue weighted by Gasteiger charge is -2.12. The fourth-order valence-electron chi connectivity index (χ4n) is 2.24. The van der Waals surface area contributed by atoms with Crippen molar-refractivity contribution in [3.05, 3.63) is 68.0 Å². The molecule has 0 aliphatic rings. The molecular weight excluding hydrogens is 422 g/mol. The quantitative estimate of drug-likeness (QED) is 0.444. The second kappa shape index (κ2) is 7.93. The van der Waals surface area contributed by atoms with Crippen LogP contribution in [0.15, 0.2) is 42.0 Å². The maximum atomic E-state index is 13.4. The molecule has 0 atom stereocenters. The minimum Gasteiger partial charge on any atom is -0.496 e. The van der Waals surface area contributed by atoms with E-state index < -0.39 is 5.91 Å². The first kappa shape index (κ1) is 17.9. The Hall–Kier alpha value is -2.40. The number of hydrogen-bond donors (Lipinski definition) is 1. The standard InChI is InChI=1S/C18H14FIN2O2/c1-24-17-9-12(5-13(10-21)18(22)23)8-16(20)15(17)7-11-3-2-4-14(19)6-11/h2-6,8-9H,7H2,1H3,(H2,22,23)/b13-5+. The van der Waals surface area contributed by atoms with Crippen LogP contribution in [-0.4, -0.2) is 13.0 Å². The van der Waals surface area contributed by atoms with E-state index in [-0.39, 0.29) is 11.4 Å². The minimum absolute atomic E-state index is 0.134. The van der Waals surface area contributed by atoms with Crippen LogP contribution in [0.5, 0.6) is 5.75 Å². The Kier molecular flexibility index (Phi) is 5.93. The lowest BCUT2D eigenvalue weighted by Crippen LogP contribution is -2.12. The van der Waals surface area contributed by atoms with Gasteiger partial charge in [-0.05, 0) is 64.1 Å². The third kappa shape index (κ3) is 4.32. The molecule has 1 amide bonds. The van der Waals surface area contributed by atoms with Gasteiger partial charge in [-0.25, -0.2) is 4.39 Å². The summed E-state index contributed by atoms with van der Waals surface area (Å²) in [5.74, 6) is -0.476. The van der Waals surface area contributed by atoms with E-state index in [9.17, 15) is 9.18 Å². The number of benzene rings is 2. The number of primary amides is 1. The van der Waals surface area contributed by atoms with Gasteiger partial charge in [-0.15, -0.1) is 0 Å². The zero-order chi connectivity index (χ0) is 17.7. The number of nitrogens with zero attached hydrogens (tertiary/aromatic N) is 1. The highest BCUT2D eigenvalue weighted by Crippen LogP contribution is 2.29. The number of nitrogens with two attached hydrogens (primary N) is 1. The highest BCUT2D eigenvalue weighted by Gasteiger charge is 2.12. The third-order valence-corrected chi connectivity index (χ3v) is 4.33. The Morgan fingerprint density at radius 3 is 2.75 bits per heavy atom. The second-order valence-corrected chi connectivity index (χ2v) is 6.19. The van der Waals surface area contributed by atoms with Crippen LogP contribution in [0, 0.1) is 20.7 Å². The van der Waals surface area contributed by atoms with Crippen LogP contribution in [-0.2, 0) is 11.2 Å². The molecule has 2 N–H and O–H groups in total. The summed E-state index contributed by atoms with van der Waals surface area (Å²) in [6, 6.07) is 11.7. The van der Waals surface area contributed by atoms with E-state index in [1.807, 2.05) is 12.1 Å². The van der Waals surface area contributed by atoms with Gasteiger partial charge in [0, 0.05) is 15.6 Å². The third-order valence-electron chi connectivity index (χ3n) is 3.36. The van der Waals surface area contributed by atoms with Gasteiger partial charge in [0.2, 0.25) is 0 Å². The predicted molar refractivity (Wildman–Crippen MR) is 97.7 cm³/mol. The van der Waals surface area contributed by atoms with Crippen LogP contribution in [0.4, 0.5) is 4.39 Å². The summed E-state index contributed by atoms with van der Waals surface area (Å²) in [7, 11) is 1.53. The van der Waals surface area contributed by atoms with E-state index in [4.69, 9.17) is 15.7 Å². The van der Waals surface area contributed by atoms with Crippen molar-refractivity contribution < 1.29 is 13.9 Å². The summed E-state index contributed by atoms with van der Waals surface area (Å²) in [6.45, 7) is 0. The number of amides is 1. The lowest BCUT2D eigenvalue weighted by molar-refractivity contribution is -0.114. The van der Waals surface area contributed by atoms with Crippen molar-refractivity contribution in [3.8, 4) is 11.8 Å². The van der Waals surface area contributed by atoms with E-state index in [2.05, 4.69) is 22.6 Å². The zero-order valence-electron chi connectivity index (χ0n) is 12.8. The van der Waals surface area contributed by atoms with Crippen LogP contribution in [0.1, 0.15) is 16.7 Å². The topological polar surface area (TPSA) is 76.1 Å². The number of ether oxygens (including phenoxy) is 1. The molecule has 0 fully saturated rings. The fraction of sp³-hybridized carbons (Fsp3) is 0.111. The summed E-state index contributed by atoms with van der Waals surface area (Å²) in [5.41, 5.74) is 7.38. The monoisotopic (exact) mass is 436 g/mol. The van der Waals surface area contributed by atoms with Gasteiger partial charge in [-0.2, -0.15) is 5.26 Å². The van der Waals surface area contributed by atoms with Gasteiger partial charge in [-0.1, -0.05) is 12.1 Å². The average molecular weight is 436 g/mol. The molecular formula is C18H14FIN2O2. The fourth-order valence-corrected chi connectivity index (χ4v) is 3.06. The molecule has 0 radical (unpaired) electrons. The van der Waals surface area contributed by atoms with Gasteiger partial charge in [0.05, 0.1) is 7.11 Å². The normalized spacial score (nSPS) is 11.0. The van der Waals surface area contributed by atoms with Crippen LogP contribution in [0.3, 0.4) is 0 Å². The number of carbonyl (C=O) groups excluding carboxylic acids is 1. The molecule has 0 spiro atoms.